The zero-order valence-electron chi connectivity index (χ0n) is 7.91. The molecule has 72 valence electrons. The third-order valence-electron chi connectivity index (χ3n) is 1.65. The van der Waals surface area contributed by atoms with Crippen LogP contribution in [0.1, 0.15) is 13.8 Å². The van der Waals surface area contributed by atoms with Crippen LogP contribution in [0.15, 0.2) is 0 Å². The quantitative estimate of drug-likeness (QED) is 0.683. The number of carboxylic acids is 1. The normalized spacial score (nSPS) is 11.1. The lowest BCUT2D eigenvalue weighted by Gasteiger charge is -2.23. The Morgan fingerprint density at radius 3 is 2.50 bits per heavy atom. The first-order valence-corrected chi connectivity index (χ1v) is 5.42. The third kappa shape index (κ3) is 5.43. The van der Waals surface area contributed by atoms with Crippen molar-refractivity contribution in [2.24, 2.45) is 0 Å². The van der Waals surface area contributed by atoms with E-state index in [4.69, 9.17) is 5.11 Å². The van der Waals surface area contributed by atoms with E-state index < -0.39 is 5.97 Å². The van der Waals surface area contributed by atoms with Crippen molar-refractivity contribution >= 4 is 17.7 Å². The second-order valence-electron chi connectivity index (χ2n) is 2.95. The number of nitrogens with zero attached hydrogens (tertiary/aromatic N) is 1. The first kappa shape index (κ1) is 11.8. The van der Waals surface area contributed by atoms with Gasteiger partial charge in [-0.1, -0.05) is 0 Å². The summed E-state index contributed by atoms with van der Waals surface area (Å²) >= 11 is 1.74. The average molecular weight is 191 g/mol. The number of rotatable bonds is 6. The fourth-order valence-electron chi connectivity index (χ4n) is 0.902. The molecule has 0 fully saturated rings. The molecule has 0 bridgehead atoms. The first-order chi connectivity index (χ1) is 5.57. The highest BCUT2D eigenvalue weighted by atomic mass is 32.2. The van der Waals surface area contributed by atoms with E-state index in [2.05, 4.69) is 0 Å². The van der Waals surface area contributed by atoms with E-state index in [0.29, 0.717) is 6.04 Å². The van der Waals surface area contributed by atoms with Crippen LogP contribution in [0.3, 0.4) is 0 Å². The van der Waals surface area contributed by atoms with Crippen molar-refractivity contribution in [1.29, 1.82) is 0 Å². The number of carbonyl (C=O) groups is 1. The number of aliphatic carboxylic acids is 1. The zero-order valence-corrected chi connectivity index (χ0v) is 8.73. The molecule has 0 aromatic rings. The second kappa shape index (κ2) is 6.31. The van der Waals surface area contributed by atoms with Crippen molar-refractivity contribution < 1.29 is 9.90 Å². The van der Waals surface area contributed by atoms with Gasteiger partial charge in [-0.2, -0.15) is 11.8 Å². The molecular formula is C8H17NO2S. The molecule has 0 amide bonds. The van der Waals surface area contributed by atoms with Gasteiger partial charge in [0.1, 0.15) is 0 Å². The van der Waals surface area contributed by atoms with Gasteiger partial charge < -0.3 is 5.11 Å². The van der Waals surface area contributed by atoms with E-state index in [1.165, 1.54) is 0 Å². The number of hydrogen-bond acceptors (Lipinski definition) is 3. The van der Waals surface area contributed by atoms with Crippen molar-refractivity contribution in [2.45, 2.75) is 19.9 Å². The van der Waals surface area contributed by atoms with Gasteiger partial charge in [0.25, 0.3) is 0 Å². The second-order valence-corrected chi connectivity index (χ2v) is 3.94. The molecule has 0 saturated carbocycles. The fraction of sp³-hybridized carbons (Fsp3) is 0.875. The predicted octanol–water partition coefficient (Wildman–Crippen LogP) is 1.14. The lowest BCUT2D eigenvalue weighted by atomic mass is 10.3. The third-order valence-corrected chi connectivity index (χ3v) is 2.24. The van der Waals surface area contributed by atoms with Crippen LogP contribution in [0.2, 0.25) is 0 Å². The highest BCUT2D eigenvalue weighted by Crippen LogP contribution is 2.00. The minimum atomic E-state index is -0.746. The monoisotopic (exact) mass is 191 g/mol. The fourth-order valence-corrected chi connectivity index (χ4v) is 1.32. The van der Waals surface area contributed by atoms with E-state index in [0.717, 1.165) is 12.3 Å². The summed E-state index contributed by atoms with van der Waals surface area (Å²) in [5.74, 6) is 0.246. The molecule has 0 aliphatic rings. The molecule has 0 atom stereocenters. The minimum absolute atomic E-state index is 0.151. The van der Waals surface area contributed by atoms with Crippen molar-refractivity contribution in [3.8, 4) is 0 Å². The van der Waals surface area contributed by atoms with E-state index in [-0.39, 0.29) is 6.54 Å². The summed E-state index contributed by atoms with van der Waals surface area (Å²) in [5.41, 5.74) is 0. The Morgan fingerprint density at radius 1 is 1.58 bits per heavy atom. The molecule has 4 heteroatoms. The molecule has 0 saturated heterocycles. The summed E-state index contributed by atoms with van der Waals surface area (Å²) in [5, 5.41) is 8.58. The van der Waals surface area contributed by atoms with Crippen LogP contribution in [-0.2, 0) is 4.79 Å². The predicted molar refractivity (Wildman–Crippen MR) is 52.7 cm³/mol. The summed E-state index contributed by atoms with van der Waals surface area (Å²) < 4.78 is 0. The topological polar surface area (TPSA) is 40.5 Å². The van der Waals surface area contributed by atoms with Crippen molar-refractivity contribution in [3.05, 3.63) is 0 Å². The molecule has 3 nitrogen and oxygen atoms in total. The smallest absolute Gasteiger partial charge is 0.317 e. The van der Waals surface area contributed by atoms with Crippen LogP contribution in [-0.4, -0.2) is 47.1 Å². The van der Waals surface area contributed by atoms with Crippen LogP contribution in [0.5, 0.6) is 0 Å². The maximum atomic E-state index is 10.4. The van der Waals surface area contributed by atoms with E-state index in [9.17, 15) is 4.79 Å². The van der Waals surface area contributed by atoms with Gasteiger partial charge in [-0.15, -0.1) is 0 Å². The Kier molecular flexibility index (Phi) is 6.20. The van der Waals surface area contributed by atoms with Gasteiger partial charge in [-0.05, 0) is 20.1 Å². The van der Waals surface area contributed by atoms with Gasteiger partial charge in [-0.25, -0.2) is 0 Å². The number of carboxylic acid groups (broad SMARTS) is 1. The molecule has 12 heavy (non-hydrogen) atoms. The molecule has 0 unspecified atom stereocenters. The Balaban J connectivity index is 3.78. The molecule has 1 N–H and O–H groups in total. The Hall–Kier alpha value is -0.220. The van der Waals surface area contributed by atoms with Crippen LogP contribution in [0.4, 0.5) is 0 Å². The molecule has 0 heterocycles. The van der Waals surface area contributed by atoms with Gasteiger partial charge >= 0.3 is 5.97 Å². The summed E-state index contributed by atoms with van der Waals surface area (Å²) in [6.45, 7) is 5.04. The summed E-state index contributed by atoms with van der Waals surface area (Å²) in [6.07, 6.45) is 2.03. The molecule has 0 aromatic heterocycles. The van der Waals surface area contributed by atoms with Gasteiger partial charge in [0.05, 0.1) is 6.54 Å². The highest BCUT2D eigenvalue weighted by Gasteiger charge is 2.11. The SMILES string of the molecule is CSCCN(CC(=O)O)C(C)C. The van der Waals surface area contributed by atoms with Gasteiger partial charge in [0.2, 0.25) is 0 Å². The first-order valence-electron chi connectivity index (χ1n) is 4.02. The van der Waals surface area contributed by atoms with Crippen LogP contribution in [0, 0.1) is 0 Å². The Labute approximate surface area is 78.1 Å². The van der Waals surface area contributed by atoms with Crippen molar-refractivity contribution in [3.63, 3.8) is 0 Å². The standard InChI is InChI=1S/C8H17NO2S/c1-7(2)9(4-5-12-3)6-8(10)11/h7H,4-6H2,1-3H3,(H,10,11). The molecule has 0 aliphatic carbocycles. The highest BCUT2D eigenvalue weighted by molar-refractivity contribution is 7.98. The summed E-state index contributed by atoms with van der Waals surface area (Å²) in [4.78, 5) is 12.4. The number of thioether (sulfide) groups is 1. The molecular weight excluding hydrogens is 174 g/mol. The van der Waals surface area contributed by atoms with Crippen molar-refractivity contribution in [1.82, 2.24) is 4.90 Å². The van der Waals surface area contributed by atoms with E-state index >= 15 is 0 Å². The van der Waals surface area contributed by atoms with Gasteiger partial charge in [0, 0.05) is 18.3 Å². The molecule has 0 radical (unpaired) electrons. The van der Waals surface area contributed by atoms with E-state index in [1.807, 2.05) is 25.0 Å². The summed E-state index contributed by atoms with van der Waals surface area (Å²) in [6, 6.07) is 0.313. The zero-order chi connectivity index (χ0) is 9.56. The lowest BCUT2D eigenvalue weighted by molar-refractivity contribution is -0.138. The Morgan fingerprint density at radius 2 is 2.17 bits per heavy atom. The van der Waals surface area contributed by atoms with E-state index in [1.54, 1.807) is 11.8 Å². The van der Waals surface area contributed by atoms with Crippen LogP contribution < -0.4 is 0 Å². The maximum Gasteiger partial charge on any atom is 0.317 e. The Bertz CT molecular complexity index is 139. The minimum Gasteiger partial charge on any atom is -0.480 e. The van der Waals surface area contributed by atoms with Crippen LogP contribution >= 0.6 is 11.8 Å². The van der Waals surface area contributed by atoms with Gasteiger partial charge in [-0.3, -0.25) is 9.69 Å². The van der Waals surface area contributed by atoms with Gasteiger partial charge in [0.15, 0.2) is 0 Å². The summed E-state index contributed by atoms with van der Waals surface area (Å²) in [7, 11) is 0. The number of hydrogen-bond donors (Lipinski definition) is 1. The molecule has 0 aliphatic heterocycles. The van der Waals surface area contributed by atoms with Crippen LogP contribution in [0.25, 0.3) is 0 Å². The largest absolute Gasteiger partial charge is 0.480 e. The molecule has 0 aromatic carbocycles. The average Bonchev–Trinajstić information content (AvgIpc) is 1.96. The molecule has 0 spiro atoms. The maximum absolute atomic E-state index is 10.4. The molecule has 0 rings (SSSR count). The lowest BCUT2D eigenvalue weighted by Crippen LogP contribution is -2.37. The van der Waals surface area contributed by atoms with Crippen molar-refractivity contribution in [2.75, 3.05) is 25.1 Å².